The molecule has 1 aromatic carbocycles. The number of nitrogens with zero attached hydrogens (tertiary/aromatic N) is 4. The lowest BCUT2D eigenvalue weighted by Crippen LogP contribution is -2.28. The van der Waals surface area contributed by atoms with E-state index in [1.165, 1.54) is 23.1 Å². The Balaban J connectivity index is 1.43. The van der Waals surface area contributed by atoms with Crippen molar-refractivity contribution in [3.63, 3.8) is 0 Å². The summed E-state index contributed by atoms with van der Waals surface area (Å²) in [7, 11) is 0. The Morgan fingerprint density at radius 3 is 3.06 bits per heavy atom. The highest BCUT2D eigenvalue weighted by Crippen LogP contribution is 2.25. The smallest absolute Gasteiger partial charge is 0.272 e. The van der Waals surface area contributed by atoms with Gasteiger partial charge >= 0.3 is 0 Å². The number of carbonyl (C=O) groups is 1. The van der Waals surface area contributed by atoms with Gasteiger partial charge in [0.15, 0.2) is 5.16 Å². The molecular formula is C21H21N5O3S2. The van der Waals surface area contributed by atoms with Crippen molar-refractivity contribution in [2.24, 2.45) is 0 Å². The molecule has 1 saturated heterocycles. The van der Waals surface area contributed by atoms with Gasteiger partial charge < -0.3 is 10.1 Å². The van der Waals surface area contributed by atoms with Crippen LogP contribution >= 0.6 is 23.1 Å². The van der Waals surface area contributed by atoms with E-state index in [1.54, 1.807) is 4.57 Å². The Kier molecular flexibility index (Phi) is 5.51. The molecule has 4 heterocycles. The molecular weight excluding hydrogens is 434 g/mol. The number of aryl methyl sites for hydroxylation is 1. The van der Waals surface area contributed by atoms with E-state index in [-0.39, 0.29) is 23.3 Å². The SMILES string of the molecule is Cc1cccc(NC(=O)CSc2nnc3n(CC4CCCO4)c(=O)c4sccc4n23)c1. The van der Waals surface area contributed by atoms with Crippen LogP contribution in [0.2, 0.25) is 0 Å². The van der Waals surface area contributed by atoms with Gasteiger partial charge in [-0.1, -0.05) is 23.9 Å². The highest BCUT2D eigenvalue weighted by atomic mass is 32.2. The summed E-state index contributed by atoms with van der Waals surface area (Å²) in [5.41, 5.74) is 2.54. The summed E-state index contributed by atoms with van der Waals surface area (Å²) < 4.78 is 9.90. The number of hydrogen-bond donors (Lipinski definition) is 1. The fourth-order valence-electron chi connectivity index (χ4n) is 3.80. The van der Waals surface area contributed by atoms with E-state index in [2.05, 4.69) is 15.5 Å². The van der Waals surface area contributed by atoms with Gasteiger partial charge in [-0.15, -0.1) is 21.5 Å². The molecule has 10 heteroatoms. The van der Waals surface area contributed by atoms with Crippen molar-refractivity contribution in [3.8, 4) is 0 Å². The first kappa shape index (κ1) is 20.2. The fourth-order valence-corrected chi connectivity index (χ4v) is 5.36. The number of ether oxygens (including phenoxy) is 1. The van der Waals surface area contributed by atoms with Gasteiger partial charge in [-0.2, -0.15) is 0 Å². The Hall–Kier alpha value is -2.69. The summed E-state index contributed by atoms with van der Waals surface area (Å²) in [5, 5.41) is 14.0. The second-order valence-electron chi connectivity index (χ2n) is 7.51. The molecule has 5 rings (SSSR count). The number of hydrogen-bond acceptors (Lipinski definition) is 7. The summed E-state index contributed by atoms with van der Waals surface area (Å²) in [6, 6.07) is 9.57. The van der Waals surface area contributed by atoms with Crippen LogP contribution in [-0.4, -0.2) is 43.5 Å². The normalized spacial score (nSPS) is 16.4. The van der Waals surface area contributed by atoms with Crippen LogP contribution in [0.4, 0.5) is 5.69 Å². The molecule has 1 aliphatic rings. The van der Waals surface area contributed by atoms with E-state index in [0.717, 1.165) is 36.2 Å². The zero-order valence-electron chi connectivity index (χ0n) is 16.9. The maximum absolute atomic E-state index is 13.1. The number of thiophene rings is 1. The molecule has 1 fully saturated rings. The lowest BCUT2D eigenvalue weighted by Gasteiger charge is -2.13. The molecule has 160 valence electrons. The van der Waals surface area contributed by atoms with E-state index in [0.29, 0.717) is 22.2 Å². The molecule has 31 heavy (non-hydrogen) atoms. The number of anilines is 1. The number of rotatable bonds is 6. The first-order valence-corrected chi connectivity index (χ1v) is 11.9. The Morgan fingerprint density at radius 2 is 2.26 bits per heavy atom. The monoisotopic (exact) mass is 455 g/mol. The van der Waals surface area contributed by atoms with Crippen molar-refractivity contribution >= 4 is 50.7 Å². The van der Waals surface area contributed by atoms with Crippen molar-refractivity contribution in [2.75, 3.05) is 17.7 Å². The summed E-state index contributed by atoms with van der Waals surface area (Å²) in [6.45, 7) is 3.16. The van der Waals surface area contributed by atoms with E-state index in [1.807, 2.05) is 47.0 Å². The number of thioether (sulfide) groups is 1. The molecule has 0 aliphatic carbocycles. The molecule has 0 spiro atoms. The average molecular weight is 456 g/mol. The van der Waals surface area contributed by atoms with Crippen molar-refractivity contribution in [2.45, 2.75) is 37.6 Å². The number of benzene rings is 1. The molecule has 1 aliphatic heterocycles. The van der Waals surface area contributed by atoms with Gasteiger partial charge in [-0.25, -0.2) is 0 Å². The molecule has 1 atom stereocenters. The Bertz CT molecular complexity index is 1320. The number of aromatic nitrogens is 4. The largest absolute Gasteiger partial charge is 0.376 e. The van der Waals surface area contributed by atoms with Crippen molar-refractivity contribution in [1.29, 1.82) is 0 Å². The molecule has 1 amide bonds. The van der Waals surface area contributed by atoms with Gasteiger partial charge in [-0.3, -0.25) is 18.6 Å². The lowest BCUT2D eigenvalue weighted by atomic mass is 10.2. The van der Waals surface area contributed by atoms with Gasteiger partial charge in [0.05, 0.1) is 23.9 Å². The molecule has 0 radical (unpaired) electrons. The minimum atomic E-state index is -0.124. The zero-order chi connectivity index (χ0) is 21.4. The molecule has 1 unspecified atom stereocenters. The van der Waals surface area contributed by atoms with Crippen LogP contribution < -0.4 is 10.9 Å². The summed E-state index contributed by atoms with van der Waals surface area (Å²) in [6.07, 6.45) is 1.93. The molecule has 0 saturated carbocycles. The number of amides is 1. The van der Waals surface area contributed by atoms with Crippen LogP contribution in [0.3, 0.4) is 0 Å². The third-order valence-corrected chi connectivity index (χ3v) is 7.05. The Morgan fingerprint density at radius 1 is 1.35 bits per heavy atom. The maximum Gasteiger partial charge on any atom is 0.272 e. The first-order valence-electron chi connectivity index (χ1n) is 10.1. The van der Waals surface area contributed by atoms with Crippen LogP contribution in [-0.2, 0) is 16.1 Å². The van der Waals surface area contributed by atoms with Crippen LogP contribution in [0.25, 0.3) is 16.0 Å². The standard InChI is InChI=1S/C21H21N5O3S2/c1-13-4-2-5-14(10-13)22-17(27)12-31-21-24-23-20-25(11-15-6-3-8-29-15)19(28)18-16(26(20)21)7-9-30-18/h2,4-5,7,9-10,15H,3,6,8,11-12H2,1H3,(H,22,27). The van der Waals surface area contributed by atoms with Crippen molar-refractivity contribution in [1.82, 2.24) is 19.2 Å². The summed E-state index contributed by atoms with van der Waals surface area (Å²) in [4.78, 5) is 25.5. The fraction of sp³-hybridized carbons (Fsp3) is 0.333. The van der Waals surface area contributed by atoms with Gasteiger partial charge in [0.25, 0.3) is 5.56 Å². The van der Waals surface area contributed by atoms with Crippen LogP contribution in [0, 0.1) is 6.92 Å². The number of fused-ring (bicyclic) bond motifs is 3. The quantitative estimate of drug-likeness (QED) is 0.449. The van der Waals surface area contributed by atoms with Gasteiger partial charge in [0, 0.05) is 12.3 Å². The van der Waals surface area contributed by atoms with Gasteiger partial charge in [0.2, 0.25) is 11.7 Å². The van der Waals surface area contributed by atoms with E-state index in [9.17, 15) is 9.59 Å². The zero-order valence-corrected chi connectivity index (χ0v) is 18.5. The topological polar surface area (TPSA) is 90.5 Å². The maximum atomic E-state index is 13.1. The van der Waals surface area contributed by atoms with Crippen LogP contribution in [0.15, 0.2) is 45.7 Å². The van der Waals surface area contributed by atoms with Gasteiger partial charge in [0.1, 0.15) is 4.70 Å². The van der Waals surface area contributed by atoms with Crippen LogP contribution in [0.5, 0.6) is 0 Å². The highest BCUT2D eigenvalue weighted by Gasteiger charge is 2.22. The highest BCUT2D eigenvalue weighted by molar-refractivity contribution is 7.99. The third kappa shape index (κ3) is 3.98. The average Bonchev–Trinajstić information content (AvgIpc) is 3.50. The molecule has 8 nitrogen and oxygen atoms in total. The minimum absolute atomic E-state index is 0.00632. The van der Waals surface area contributed by atoms with Crippen molar-refractivity contribution < 1.29 is 9.53 Å². The van der Waals surface area contributed by atoms with Gasteiger partial charge in [-0.05, 0) is 48.9 Å². The minimum Gasteiger partial charge on any atom is -0.376 e. The van der Waals surface area contributed by atoms with E-state index < -0.39 is 0 Å². The molecule has 3 aromatic heterocycles. The molecule has 1 N–H and O–H groups in total. The summed E-state index contributed by atoms with van der Waals surface area (Å²) >= 11 is 2.70. The molecule has 0 bridgehead atoms. The third-order valence-electron chi connectivity index (χ3n) is 5.23. The lowest BCUT2D eigenvalue weighted by molar-refractivity contribution is -0.113. The molecule has 4 aromatic rings. The first-order chi connectivity index (χ1) is 15.1. The summed E-state index contributed by atoms with van der Waals surface area (Å²) in [5.74, 6) is 0.542. The Labute approximate surface area is 186 Å². The second-order valence-corrected chi connectivity index (χ2v) is 9.37. The predicted octanol–water partition coefficient (Wildman–Crippen LogP) is 3.32. The van der Waals surface area contributed by atoms with E-state index in [4.69, 9.17) is 4.74 Å². The van der Waals surface area contributed by atoms with Crippen LogP contribution in [0.1, 0.15) is 18.4 Å². The van der Waals surface area contributed by atoms with E-state index >= 15 is 0 Å². The predicted molar refractivity (Wildman–Crippen MR) is 122 cm³/mol. The second kappa shape index (κ2) is 8.45. The number of carbonyl (C=O) groups excluding carboxylic acids is 1. The number of nitrogens with one attached hydrogen (secondary N) is 1. The van der Waals surface area contributed by atoms with Crippen molar-refractivity contribution in [3.05, 3.63) is 51.6 Å².